The highest BCUT2D eigenvalue weighted by atomic mass is 35.5. The van der Waals surface area contributed by atoms with E-state index in [-0.39, 0.29) is 34.0 Å². The number of nitrogens with two attached hydrogens (primary N) is 3. The van der Waals surface area contributed by atoms with Gasteiger partial charge in [-0.2, -0.15) is 30.6 Å². The number of likely N-dealkylation sites (tertiary alicyclic amines) is 3. The Morgan fingerprint density at radius 2 is 0.835 bits per heavy atom. The monoisotopic (exact) mass is 1210 g/mol. The Morgan fingerprint density at radius 1 is 0.447 bits per heavy atom. The third-order valence-corrected chi connectivity index (χ3v) is 21.2. The molecule has 0 radical (unpaired) electrons. The van der Waals surface area contributed by atoms with Crippen LogP contribution >= 0.6 is 34.8 Å². The normalized spacial score (nSPS) is 27.9. The number of aromatic nitrogens is 6. The molecule has 15 nitrogen and oxygen atoms in total. The van der Waals surface area contributed by atoms with Crippen molar-refractivity contribution in [3.05, 3.63) is 177 Å². The minimum Gasteiger partial charge on any atom is -0.338 e. The average molecular weight is 1210 g/mol. The molecule has 3 saturated carbocycles. The number of carbonyl (C=O) groups is 3. The molecule has 6 fully saturated rings. The van der Waals surface area contributed by atoms with Gasteiger partial charge in [-0.05, 0) is 208 Å². The fraction of sp³-hybridized carbons (Fsp3) is 0.507. The summed E-state index contributed by atoms with van der Waals surface area (Å²) in [6.45, 7) is 5.44. The first-order chi connectivity index (χ1) is 41.3. The van der Waals surface area contributed by atoms with Gasteiger partial charge in [0, 0.05) is 127 Å². The Labute approximate surface area is 516 Å². The molecule has 3 aromatic heterocycles. The maximum atomic E-state index is 13.2. The Bertz CT molecular complexity index is 3140. The molecule has 6 N–H and O–H groups in total. The molecule has 3 saturated heterocycles. The van der Waals surface area contributed by atoms with E-state index in [9.17, 15) is 14.4 Å². The van der Waals surface area contributed by atoms with Crippen LogP contribution in [0.15, 0.2) is 128 Å². The van der Waals surface area contributed by atoms with Crippen molar-refractivity contribution in [2.24, 2.45) is 46.8 Å². The molecule has 3 aliphatic carbocycles. The molecular weight excluding hydrogens is 1130 g/mol. The Balaban J connectivity index is 0.000000142. The van der Waals surface area contributed by atoms with Gasteiger partial charge in [0.25, 0.3) is 0 Å². The number of hydrogen-bond acceptors (Lipinski definition) is 12. The minimum absolute atomic E-state index is 0.00383. The quantitative estimate of drug-likeness (QED) is 0.0875. The first-order valence-corrected chi connectivity index (χ1v) is 32.0. The van der Waals surface area contributed by atoms with Crippen LogP contribution in [-0.2, 0) is 50.3 Å². The SMILES string of the molecule is NCC1(c2cccc(Cl)c2)CCC(C2CCC(=O)N2Cc2ccnnc2)CC1.NCC1(c2cccc(Cl)c2)CCC(C2CCCN(Cc3ccnnc3)C2=O)CC1.NCC1(c2cccc(Cl)c2)CCC(C2CCN(Cc3ccnnc3)C2=O)CC1. The van der Waals surface area contributed by atoms with E-state index in [0.717, 1.165) is 148 Å². The number of hydrogen-bond donors (Lipinski definition) is 3. The fourth-order valence-corrected chi connectivity index (χ4v) is 15.9. The molecule has 3 amide bonds. The molecule has 85 heavy (non-hydrogen) atoms. The highest BCUT2D eigenvalue weighted by Crippen LogP contribution is 2.48. The highest BCUT2D eigenvalue weighted by molar-refractivity contribution is 6.31. The van der Waals surface area contributed by atoms with E-state index in [0.29, 0.717) is 81.3 Å². The lowest BCUT2D eigenvalue weighted by Gasteiger charge is -2.44. The summed E-state index contributed by atoms with van der Waals surface area (Å²) in [5.41, 5.74) is 25.6. The van der Waals surface area contributed by atoms with Crippen molar-refractivity contribution in [1.29, 1.82) is 0 Å². The van der Waals surface area contributed by atoms with Crippen molar-refractivity contribution in [1.82, 2.24) is 45.3 Å². The molecular formula is C67H83Cl3N12O3. The van der Waals surface area contributed by atoms with E-state index in [2.05, 4.69) is 71.9 Å². The van der Waals surface area contributed by atoms with Crippen molar-refractivity contribution >= 4 is 52.5 Å². The van der Waals surface area contributed by atoms with Crippen molar-refractivity contribution in [2.45, 2.75) is 151 Å². The topological polar surface area (TPSA) is 216 Å². The third-order valence-electron chi connectivity index (χ3n) is 20.4. The summed E-state index contributed by atoms with van der Waals surface area (Å²) in [5, 5.41) is 25.6. The molecule has 3 aliphatic heterocycles. The molecule has 18 heteroatoms. The van der Waals surface area contributed by atoms with Gasteiger partial charge in [0.1, 0.15) is 0 Å². The van der Waals surface area contributed by atoms with Crippen LogP contribution in [0.2, 0.25) is 15.1 Å². The van der Waals surface area contributed by atoms with Gasteiger partial charge in [0.15, 0.2) is 0 Å². The second kappa shape index (κ2) is 28.7. The smallest absolute Gasteiger partial charge is 0.226 e. The summed E-state index contributed by atoms with van der Waals surface area (Å²) in [4.78, 5) is 44.8. The Hall–Kier alpha value is -5.94. The van der Waals surface area contributed by atoms with Gasteiger partial charge < -0.3 is 31.9 Å². The van der Waals surface area contributed by atoms with E-state index < -0.39 is 0 Å². The summed E-state index contributed by atoms with van der Waals surface area (Å²) in [7, 11) is 0. The zero-order valence-corrected chi connectivity index (χ0v) is 51.1. The molecule has 3 aromatic carbocycles. The van der Waals surface area contributed by atoms with Crippen LogP contribution < -0.4 is 17.2 Å². The molecule has 3 atom stereocenters. The second-order valence-corrected chi connectivity index (χ2v) is 26.3. The van der Waals surface area contributed by atoms with Gasteiger partial charge in [0.2, 0.25) is 17.7 Å². The van der Waals surface area contributed by atoms with Crippen molar-refractivity contribution < 1.29 is 14.4 Å². The molecule has 6 aromatic rings. The van der Waals surface area contributed by atoms with Crippen molar-refractivity contribution in [2.75, 3.05) is 32.7 Å². The molecule has 0 spiro atoms. The second-order valence-electron chi connectivity index (χ2n) is 25.0. The lowest BCUT2D eigenvalue weighted by Crippen LogP contribution is -2.46. The number of benzene rings is 3. The largest absolute Gasteiger partial charge is 0.338 e. The summed E-state index contributed by atoms with van der Waals surface area (Å²) in [6.07, 6.45) is 27.5. The Morgan fingerprint density at radius 3 is 1.22 bits per heavy atom. The van der Waals surface area contributed by atoms with Crippen LogP contribution in [0.4, 0.5) is 0 Å². The predicted octanol–water partition coefficient (Wildman–Crippen LogP) is 11.2. The molecule has 6 heterocycles. The number of piperidine rings is 1. The zero-order chi connectivity index (χ0) is 59.4. The molecule has 12 rings (SSSR count). The summed E-state index contributed by atoms with van der Waals surface area (Å²) in [6, 6.07) is 30.5. The van der Waals surface area contributed by atoms with E-state index in [1.165, 1.54) is 16.7 Å². The maximum absolute atomic E-state index is 13.2. The fourth-order valence-electron chi connectivity index (χ4n) is 15.3. The highest BCUT2D eigenvalue weighted by Gasteiger charge is 2.46. The first-order valence-electron chi connectivity index (χ1n) is 30.9. The molecule has 6 aliphatic rings. The van der Waals surface area contributed by atoms with Crippen LogP contribution in [-0.4, -0.2) is 102 Å². The lowest BCUT2D eigenvalue weighted by atomic mass is 9.63. The summed E-state index contributed by atoms with van der Waals surface area (Å²) >= 11 is 18.7. The van der Waals surface area contributed by atoms with E-state index in [1.807, 2.05) is 64.4 Å². The van der Waals surface area contributed by atoms with Crippen molar-refractivity contribution in [3.8, 4) is 0 Å². The van der Waals surface area contributed by atoms with Gasteiger partial charge in [-0.15, -0.1) is 0 Å². The first kappa shape index (κ1) is 62.1. The van der Waals surface area contributed by atoms with Gasteiger partial charge in [-0.3, -0.25) is 14.4 Å². The summed E-state index contributed by atoms with van der Waals surface area (Å²) < 4.78 is 0. The lowest BCUT2D eigenvalue weighted by molar-refractivity contribution is -0.142. The number of amides is 3. The minimum atomic E-state index is -0.0124. The van der Waals surface area contributed by atoms with Gasteiger partial charge in [-0.25, -0.2) is 0 Å². The standard InChI is InChI=1S/C23H29ClN4O.2C22H27ClN4O/c24-20-4-1-3-19(13-20)23(16-25)9-6-18(7-10-23)21-5-2-12-28(22(21)29)15-17-8-11-26-27-14-17;23-19-3-1-2-18(12-19)22(15-24)8-4-17(5-9-22)20-7-11-27(21(20)28)14-16-6-10-25-26-13-16;23-19-3-1-2-18(12-19)22(15-24)9-6-17(7-10-22)20-4-5-21(28)27(20)14-16-8-11-25-26-13-16/h1,3-4,8,11,13-14,18,21H,2,5-7,9-10,12,15-16,25H2;1-3,6,10,12-13,17,20H,4-5,7-9,11,14-15,24H2;1-3,8,11-13,17,20H,4-7,9-10,14-15,24H2. The van der Waals surface area contributed by atoms with Crippen LogP contribution in [0, 0.1) is 29.6 Å². The van der Waals surface area contributed by atoms with Crippen LogP contribution in [0.25, 0.3) is 0 Å². The van der Waals surface area contributed by atoms with Gasteiger partial charge >= 0.3 is 0 Å². The average Bonchev–Trinajstić information content (AvgIpc) is 3.80. The predicted molar refractivity (Wildman–Crippen MR) is 334 cm³/mol. The third kappa shape index (κ3) is 14.7. The van der Waals surface area contributed by atoms with E-state index in [1.54, 1.807) is 37.2 Å². The number of rotatable bonds is 15. The van der Waals surface area contributed by atoms with Crippen LogP contribution in [0.5, 0.6) is 0 Å². The molecule has 3 unspecified atom stereocenters. The Kier molecular flexibility index (Phi) is 21.0. The van der Waals surface area contributed by atoms with E-state index >= 15 is 0 Å². The molecule has 0 bridgehead atoms. The number of nitrogens with zero attached hydrogens (tertiary/aromatic N) is 9. The van der Waals surface area contributed by atoms with Gasteiger partial charge in [-0.1, -0.05) is 71.2 Å². The summed E-state index contributed by atoms with van der Waals surface area (Å²) in [5.74, 6) is 2.56. The van der Waals surface area contributed by atoms with Gasteiger partial charge in [0.05, 0.1) is 18.6 Å². The molecule has 450 valence electrons. The zero-order valence-electron chi connectivity index (χ0n) is 48.9. The van der Waals surface area contributed by atoms with Crippen LogP contribution in [0.1, 0.15) is 143 Å². The van der Waals surface area contributed by atoms with Crippen molar-refractivity contribution in [3.63, 3.8) is 0 Å². The number of carbonyl (C=O) groups excluding carboxylic acids is 3. The van der Waals surface area contributed by atoms with E-state index in [4.69, 9.17) is 52.0 Å². The number of halogens is 3. The maximum Gasteiger partial charge on any atom is 0.226 e. The van der Waals surface area contributed by atoms with Crippen LogP contribution in [0.3, 0.4) is 0 Å².